The molecule has 0 bridgehead atoms. The number of halogens is 2. The minimum absolute atomic E-state index is 0.192. The first-order chi connectivity index (χ1) is 10.7. The number of alkyl halides is 2. The molecule has 2 atom stereocenters. The van der Waals surface area contributed by atoms with Gasteiger partial charge in [-0.3, -0.25) is 9.59 Å². The largest absolute Gasteiger partial charge is 0.307 e. The summed E-state index contributed by atoms with van der Waals surface area (Å²) in [5.41, 5.74) is 0. The molecule has 0 aromatic rings. The van der Waals surface area contributed by atoms with Crippen LogP contribution in [-0.4, -0.2) is 49.7 Å². The van der Waals surface area contributed by atoms with Crippen LogP contribution in [0, 0.1) is 0 Å². The SMILES string of the molecule is CC(=O)C(C)(CCCl)S(=O)(=O)OOS(=O)(=O)C(C)(CCCl)C(C)=O. The minimum atomic E-state index is -4.80. The Hall–Kier alpha value is -0.260. The van der Waals surface area contributed by atoms with E-state index in [0.29, 0.717) is 0 Å². The molecule has 0 N–H and O–H groups in total. The molecule has 0 spiro atoms. The van der Waals surface area contributed by atoms with Crippen LogP contribution in [0.3, 0.4) is 0 Å². The van der Waals surface area contributed by atoms with Crippen LogP contribution >= 0.6 is 23.2 Å². The third kappa shape index (κ3) is 4.67. The highest BCUT2D eigenvalue weighted by atomic mass is 35.5. The molecule has 0 aromatic carbocycles. The molecule has 142 valence electrons. The summed E-state index contributed by atoms with van der Waals surface area (Å²) >= 11 is 11.0. The summed E-state index contributed by atoms with van der Waals surface area (Å²) in [5.74, 6) is -2.00. The third-order valence-corrected chi connectivity index (χ3v) is 8.09. The van der Waals surface area contributed by atoms with E-state index in [1.165, 1.54) is 0 Å². The highest BCUT2D eigenvalue weighted by Crippen LogP contribution is 2.30. The van der Waals surface area contributed by atoms with E-state index in [2.05, 4.69) is 8.67 Å². The van der Waals surface area contributed by atoms with Gasteiger partial charge in [-0.05, 0) is 40.5 Å². The van der Waals surface area contributed by atoms with Gasteiger partial charge in [-0.1, -0.05) is 8.67 Å². The molecule has 8 nitrogen and oxygen atoms in total. The fourth-order valence-corrected chi connectivity index (χ4v) is 4.81. The lowest BCUT2D eigenvalue weighted by Gasteiger charge is -2.26. The minimum Gasteiger partial charge on any atom is -0.298 e. The molecule has 0 fully saturated rings. The van der Waals surface area contributed by atoms with Crippen molar-refractivity contribution in [1.29, 1.82) is 0 Å². The zero-order chi connectivity index (χ0) is 19.4. The van der Waals surface area contributed by atoms with Gasteiger partial charge in [-0.2, -0.15) is 16.8 Å². The molecule has 0 radical (unpaired) electrons. The predicted octanol–water partition coefficient (Wildman–Crippen LogP) is 1.55. The zero-order valence-electron chi connectivity index (χ0n) is 13.7. The number of carbonyl (C=O) groups excluding carboxylic acids is 2. The number of hydrogen-bond acceptors (Lipinski definition) is 8. The van der Waals surface area contributed by atoms with Gasteiger partial charge in [0.05, 0.1) is 0 Å². The molecule has 0 saturated heterocycles. The van der Waals surface area contributed by atoms with Crippen LogP contribution in [-0.2, 0) is 38.5 Å². The predicted molar refractivity (Wildman–Crippen MR) is 88.9 cm³/mol. The fourth-order valence-electron chi connectivity index (χ4n) is 1.54. The molecule has 0 aliphatic heterocycles. The first-order valence-corrected chi connectivity index (χ1v) is 10.6. The second kappa shape index (κ2) is 8.41. The van der Waals surface area contributed by atoms with Gasteiger partial charge in [0, 0.05) is 11.8 Å². The second-order valence-electron chi connectivity index (χ2n) is 5.50. The van der Waals surface area contributed by atoms with E-state index >= 15 is 0 Å². The van der Waals surface area contributed by atoms with Crippen molar-refractivity contribution in [1.82, 2.24) is 0 Å². The Morgan fingerprint density at radius 2 is 1.04 bits per heavy atom. The van der Waals surface area contributed by atoms with Crippen molar-refractivity contribution in [2.45, 2.75) is 50.0 Å². The average molecular weight is 427 g/mol. The Morgan fingerprint density at radius 1 is 0.792 bits per heavy atom. The molecular weight excluding hydrogens is 407 g/mol. The maximum absolute atomic E-state index is 12.2. The number of rotatable bonds is 11. The van der Waals surface area contributed by atoms with E-state index in [1.54, 1.807) is 0 Å². The van der Waals surface area contributed by atoms with E-state index in [-0.39, 0.29) is 24.6 Å². The van der Waals surface area contributed by atoms with Crippen molar-refractivity contribution in [3.8, 4) is 0 Å². The second-order valence-corrected chi connectivity index (χ2v) is 10.1. The van der Waals surface area contributed by atoms with Crippen LogP contribution in [0.1, 0.15) is 40.5 Å². The van der Waals surface area contributed by atoms with Crippen LogP contribution in [0.15, 0.2) is 0 Å². The van der Waals surface area contributed by atoms with Gasteiger partial charge in [0.15, 0.2) is 21.1 Å². The summed E-state index contributed by atoms with van der Waals surface area (Å²) in [7, 11) is -9.59. The van der Waals surface area contributed by atoms with E-state index in [0.717, 1.165) is 27.7 Å². The van der Waals surface area contributed by atoms with Gasteiger partial charge in [-0.15, -0.1) is 23.2 Å². The Balaban J connectivity index is 5.65. The molecule has 0 aromatic heterocycles. The van der Waals surface area contributed by atoms with Crippen LogP contribution in [0.2, 0.25) is 0 Å². The Kier molecular flexibility index (Phi) is 8.32. The third-order valence-electron chi connectivity index (χ3n) is 3.94. The Labute approximate surface area is 152 Å². The van der Waals surface area contributed by atoms with Crippen LogP contribution in [0.4, 0.5) is 0 Å². The van der Waals surface area contributed by atoms with Crippen molar-refractivity contribution in [3.63, 3.8) is 0 Å². The first kappa shape index (κ1) is 23.7. The van der Waals surface area contributed by atoms with E-state index < -0.39 is 41.3 Å². The van der Waals surface area contributed by atoms with Crippen molar-refractivity contribution in [3.05, 3.63) is 0 Å². The molecule has 0 rings (SSSR count). The van der Waals surface area contributed by atoms with E-state index in [1.807, 2.05) is 0 Å². The van der Waals surface area contributed by atoms with E-state index in [9.17, 15) is 26.4 Å². The summed E-state index contributed by atoms with van der Waals surface area (Å²) < 4.78 is 52.8. The van der Waals surface area contributed by atoms with Crippen molar-refractivity contribution < 1.29 is 35.1 Å². The molecule has 0 amide bonds. The molecule has 0 aliphatic carbocycles. The maximum atomic E-state index is 12.2. The van der Waals surface area contributed by atoms with Crippen LogP contribution in [0.25, 0.3) is 0 Å². The van der Waals surface area contributed by atoms with E-state index in [4.69, 9.17) is 23.2 Å². The summed E-state index contributed by atoms with van der Waals surface area (Å²) in [6.45, 7) is 4.06. The van der Waals surface area contributed by atoms with Crippen LogP contribution < -0.4 is 0 Å². The summed E-state index contributed by atoms with van der Waals surface area (Å²) in [4.78, 5) is 23.3. The van der Waals surface area contributed by atoms with Gasteiger partial charge < -0.3 is 0 Å². The summed E-state index contributed by atoms with van der Waals surface area (Å²) in [5, 5.41) is 0. The van der Waals surface area contributed by atoms with Crippen LogP contribution in [0.5, 0.6) is 0 Å². The molecule has 2 unspecified atom stereocenters. The van der Waals surface area contributed by atoms with Gasteiger partial charge in [-0.25, -0.2) is 0 Å². The maximum Gasteiger partial charge on any atom is 0.307 e. The highest BCUT2D eigenvalue weighted by molar-refractivity contribution is 7.91. The van der Waals surface area contributed by atoms with Gasteiger partial charge in [0.2, 0.25) is 0 Å². The topological polar surface area (TPSA) is 121 Å². The highest BCUT2D eigenvalue weighted by Gasteiger charge is 2.50. The lowest BCUT2D eigenvalue weighted by molar-refractivity contribution is -0.124. The lowest BCUT2D eigenvalue weighted by Crippen LogP contribution is -2.47. The number of ketones is 2. The summed E-state index contributed by atoms with van der Waals surface area (Å²) in [6.07, 6.45) is -0.636. The average Bonchev–Trinajstić information content (AvgIpc) is 2.45. The number of carbonyl (C=O) groups is 2. The fraction of sp³-hybridized carbons (Fsp3) is 0.833. The zero-order valence-corrected chi connectivity index (χ0v) is 16.8. The Morgan fingerprint density at radius 3 is 1.21 bits per heavy atom. The smallest absolute Gasteiger partial charge is 0.298 e. The molecule has 12 heteroatoms. The number of hydrogen-bond donors (Lipinski definition) is 0. The molecule has 24 heavy (non-hydrogen) atoms. The number of Topliss-reactive ketones (excluding diaryl/α,β-unsaturated/α-hetero) is 2. The molecule has 0 heterocycles. The van der Waals surface area contributed by atoms with Crippen molar-refractivity contribution >= 4 is 55.0 Å². The quantitative estimate of drug-likeness (QED) is 0.277. The molecular formula is C12H20Cl2O8S2. The van der Waals surface area contributed by atoms with Crippen molar-refractivity contribution in [2.24, 2.45) is 0 Å². The first-order valence-electron chi connectivity index (χ1n) is 6.72. The molecule has 0 aliphatic rings. The molecule has 0 saturated carbocycles. The lowest BCUT2D eigenvalue weighted by atomic mass is 10.0. The van der Waals surface area contributed by atoms with Gasteiger partial charge >= 0.3 is 20.2 Å². The monoisotopic (exact) mass is 426 g/mol. The van der Waals surface area contributed by atoms with Crippen molar-refractivity contribution in [2.75, 3.05) is 11.8 Å². The Bertz CT molecular complexity index is 628. The summed E-state index contributed by atoms with van der Waals surface area (Å²) in [6, 6.07) is 0. The van der Waals surface area contributed by atoms with Gasteiger partial charge in [0.25, 0.3) is 0 Å². The normalized spacial score (nSPS) is 17.8. The standard InChI is InChI=1S/C12H20Cl2O8S2/c1-9(15)11(3,5-7-13)23(17,18)21-22-24(19,20)12(4,6-8-14)10(2)16/h5-8H2,1-4H3. The van der Waals surface area contributed by atoms with Gasteiger partial charge in [0.1, 0.15) is 0 Å².